The second kappa shape index (κ2) is 21.5. The Bertz CT molecular complexity index is 1400. The summed E-state index contributed by atoms with van der Waals surface area (Å²) in [5.41, 5.74) is -1.48. The Morgan fingerprint density at radius 2 is 1.47 bits per heavy atom. The van der Waals surface area contributed by atoms with E-state index in [4.69, 9.17) is 4.74 Å². The van der Waals surface area contributed by atoms with Crippen LogP contribution in [0.3, 0.4) is 0 Å². The fourth-order valence-electron chi connectivity index (χ4n) is 5.44. The molecule has 0 aliphatic heterocycles. The van der Waals surface area contributed by atoms with Crippen molar-refractivity contribution in [2.24, 2.45) is 5.92 Å². The lowest BCUT2D eigenvalue weighted by Crippen LogP contribution is -2.55. The van der Waals surface area contributed by atoms with E-state index >= 15 is 0 Å². The molecule has 3 atom stereocenters. The lowest BCUT2D eigenvalue weighted by Gasteiger charge is -2.29. The van der Waals surface area contributed by atoms with Crippen molar-refractivity contribution in [3.8, 4) is 11.5 Å². The van der Waals surface area contributed by atoms with Gasteiger partial charge in [-0.25, -0.2) is 9.59 Å². The van der Waals surface area contributed by atoms with Crippen LogP contribution in [0.1, 0.15) is 102 Å². The molecule has 0 fully saturated rings. The normalized spacial score (nSPS) is 13.7. The minimum atomic E-state index is -3.03. The lowest BCUT2D eigenvalue weighted by atomic mass is 9.82. The van der Waals surface area contributed by atoms with Crippen molar-refractivity contribution in [1.29, 1.82) is 0 Å². The zero-order chi connectivity index (χ0) is 36.2. The van der Waals surface area contributed by atoms with E-state index in [1.807, 2.05) is 25.1 Å². The van der Waals surface area contributed by atoms with E-state index in [1.54, 1.807) is 30.3 Å². The number of allylic oxidation sites excluding steroid dienone is 1. The van der Waals surface area contributed by atoms with E-state index in [1.165, 1.54) is 12.5 Å². The van der Waals surface area contributed by atoms with Gasteiger partial charge >= 0.3 is 17.9 Å². The first-order valence-corrected chi connectivity index (χ1v) is 17.1. The van der Waals surface area contributed by atoms with Crippen molar-refractivity contribution in [1.82, 2.24) is 5.32 Å². The van der Waals surface area contributed by atoms with Gasteiger partial charge in [-0.1, -0.05) is 81.9 Å². The number of ether oxygens (including phenoxy) is 1. The van der Waals surface area contributed by atoms with E-state index in [0.29, 0.717) is 42.7 Å². The van der Waals surface area contributed by atoms with Crippen LogP contribution in [0.15, 0.2) is 60.7 Å². The average Bonchev–Trinajstić information content (AvgIpc) is 3.04. The van der Waals surface area contributed by atoms with E-state index < -0.39 is 47.8 Å². The largest absolute Gasteiger partial charge is 0.481 e. The Labute approximate surface area is 288 Å². The quantitative estimate of drug-likeness (QED) is 0.0562. The second-order valence-corrected chi connectivity index (χ2v) is 12.5. The number of carboxylic acids is 3. The summed E-state index contributed by atoms with van der Waals surface area (Å²) >= 11 is 0. The number of carboxylic acid groups (broad SMARTS) is 3. The molecule has 2 rings (SSSR count). The summed E-state index contributed by atoms with van der Waals surface area (Å²) in [6.45, 7) is 4.08. The average molecular weight is 682 g/mol. The van der Waals surface area contributed by atoms with Gasteiger partial charge in [0.2, 0.25) is 5.91 Å². The maximum Gasteiger partial charge on any atom is 0.337 e. The molecule has 268 valence electrons. The predicted octanol–water partition coefficient (Wildman–Crippen LogP) is 6.63. The molecule has 0 radical (unpaired) electrons. The number of nitrogens with one attached hydrogen (secondary N) is 1. The lowest BCUT2D eigenvalue weighted by molar-refractivity contribution is -0.172. The molecule has 0 saturated heterocycles. The zero-order valence-corrected chi connectivity index (χ0v) is 28.6. The van der Waals surface area contributed by atoms with E-state index in [2.05, 4.69) is 12.2 Å². The molecule has 2 aromatic rings. The smallest absolute Gasteiger partial charge is 0.337 e. The van der Waals surface area contributed by atoms with Crippen molar-refractivity contribution in [2.45, 2.75) is 115 Å². The van der Waals surface area contributed by atoms with Crippen LogP contribution in [-0.4, -0.2) is 61.7 Å². The van der Waals surface area contributed by atoms with Gasteiger partial charge in [0.1, 0.15) is 23.3 Å². The van der Waals surface area contributed by atoms with Crippen LogP contribution < -0.4 is 10.1 Å². The Morgan fingerprint density at radius 1 is 0.837 bits per heavy atom. The molecule has 0 aliphatic rings. The van der Waals surface area contributed by atoms with Crippen LogP contribution in [0.4, 0.5) is 0 Å². The van der Waals surface area contributed by atoms with Crippen molar-refractivity contribution in [3.05, 3.63) is 71.8 Å². The van der Waals surface area contributed by atoms with Gasteiger partial charge in [0, 0.05) is 19.3 Å². The molecule has 11 nitrogen and oxygen atoms in total. The Balaban J connectivity index is 2.01. The Hall–Kier alpha value is -4.51. The number of amides is 1. The summed E-state index contributed by atoms with van der Waals surface area (Å²) < 4.78 is 5.82. The third-order valence-electron chi connectivity index (χ3n) is 8.26. The summed E-state index contributed by atoms with van der Waals surface area (Å²) in [6.07, 6.45) is 11.2. The molecule has 1 amide bonds. The zero-order valence-electron chi connectivity index (χ0n) is 28.6. The van der Waals surface area contributed by atoms with Crippen LogP contribution in [-0.2, 0) is 30.4 Å². The highest BCUT2D eigenvalue weighted by Crippen LogP contribution is 2.26. The van der Waals surface area contributed by atoms with Gasteiger partial charge in [-0.2, -0.15) is 0 Å². The Kier molecular flexibility index (Phi) is 17.8. The van der Waals surface area contributed by atoms with Gasteiger partial charge in [0.15, 0.2) is 5.60 Å². The number of hydrogen-bond donors (Lipinski definition) is 5. The minimum absolute atomic E-state index is 0.173. The summed E-state index contributed by atoms with van der Waals surface area (Å²) in [7, 11) is 0. The van der Waals surface area contributed by atoms with Crippen LogP contribution in [0.25, 0.3) is 0 Å². The molecular formula is C38H51NO10. The first-order chi connectivity index (χ1) is 23.3. The maximum atomic E-state index is 13.4. The number of aliphatic hydroxyl groups is 1. The standard InChI is InChI=1S/C38H51NO10/c1-3-4-5-8-11-16-29(40)17-12-9-6-7-10-13-19-32(38(48,37(46)47)26-34(41)42)35(43)39-33(36(44)45)25-28-20-22-30(23-21-28)49-31-18-14-15-27(2)24-31/h13-15,18-24,32-33,48H,3-12,16-17,25-26H2,1-2H3,(H,39,43)(H,41,42)(H,44,45)(H,46,47)/b19-13+/t32-,33+,38+/m1/s1. The molecule has 0 saturated carbocycles. The molecule has 49 heavy (non-hydrogen) atoms. The number of benzene rings is 2. The molecule has 0 unspecified atom stereocenters. The number of carbonyl (C=O) groups excluding carboxylic acids is 2. The van der Waals surface area contributed by atoms with Crippen LogP contribution in [0, 0.1) is 12.8 Å². The van der Waals surface area contributed by atoms with Gasteiger partial charge in [0.25, 0.3) is 0 Å². The number of rotatable bonds is 25. The highest BCUT2D eigenvalue weighted by atomic mass is 16.5. The molecule has 0 heterocycles. The number of ketones is 1. The third-order valence-corrected chi connectivity index (χ3v) is 8.26. The van der Waals surface area contributed by atoms with Gasteiger partial charge in [-0.3, -0.25) is 14.4 Å². The fourth-order valence-corrected chi connectivity index (χ4v) is 5.44. The summed E-state index contributed by atoms with van der Waals surface area (Å²) in [6, 6.07) is 12.5. The third kappa shape index (κ3) is 15.1. The molecule has 2 aromatic carbocycles. The first kappa shape index (κ1) is 40.7. The summed E-state index contributed by atoms with van der Waals surface area (Å²) in [5, 5.41) is 42.2. The molecule has 0 bridgehead atoms. The van der Waals surface area contributed by atoms with E-state index in [-0.39, 0.29) is 12.2 Å². The number of aliphatic carboxylic acids is 3. The van der Waals surface area contributed by atoms with Crippen molar-refractivity contribution in [2.75, 3.05) is 0 Å². The van der Waals surface area contributed by atoms with Gasteiger partial charge in [-0.05, 0) is 68.0 Å². The van der Waals surface area contributed by atoms with Crippen LogP contribution in [0.2, 0.25) is 0 Å². The van der Waals surface area contributed by atoms with Crippen molar-refractivity contribution < 1.29 is 49.1 Å². The summed E-state index contributed by atoms with van der Waals surface area (Å²) in [4.78, 5) is 61.2. The van der Waals surface area contributed by atoms with Gasteiger partial charge in [-0.15, -0.1) is 0 Å². The van der Waals surface area contributed by atoms with Gasteiger partial charge in [0.05, 0.1) is 12.3 Å². The van der Waals surface area contributed by atoms with Crippen LogP contribution >= 0.6 is 0 Å². The molecular weight excluding hydrogens is 630 g/mol. The molecule has 11 heteroatoms. The SMILES string of the molecule is CCCCCCCC(=O)CCCCCC/C=C/[C@H](C(=O)N[C@@H](Cc1ccc(Oc2cccc(C)c2)cc1)C(=O)O)[C@@](O)(CC(=O)O)C(=O)O. The highest BCUT2D eigenvalue weighted by Gasteiger charge is 2.49. The molecule has 0 spiro atoms. The maximum absolute atomic E-state index is 13.4. The fraction of sp³-hybridized carbons (Fsp3) is 0.500. The molecule has 5 N–H and O–H groups in total. The predicted molar refractivity (Wildman–Crippen MR) is 185 cm³/mol. The topological polar surface area (TPSA) is 188 Å². The minimum Gasteiger partial charge on any atom is -0.481 e. The Morgan fingerprint density at radius 3 is 2.04 bits per heavy atom. The molecule has 0 aliphatic carbocycles. The number of aryl methyl sites for hydroxylation is 1. The molecule has 0 aromatic heterocycles. The van der Waals surface area contributed by atoms with Crippen molar-refractivity contribution in [3.63, 3.8) is 0 Å². The summed E-state index contributed by atoms with van der Waals surface area (Å²) in [5.74, 6) is -6.59. The van der Waals surface area contributed by atoms with E-state index in [0.717, 1.165) is 56.6 Å². The highest BCUT2D eigenvalue weighted by molar-refractivity contribution is 5.94. The number of unbranched alkanes of at least 4 members (excludes halogenated alkanes) is 8. The first-order valence-electron chi connectivity index (χ1n) is 17.1. The van der Waals surface area contributed by atoms with Crippen LogP contribution in [0.5, 0.6) is 11.5 Å². The van der Waals surface area contributed by atoms with Gasteiger partial charge < -0.3 is 30.5 Å². The second-order valence-electron chi connectivity index (χ2n) is 12.5. The van der Waals surface area contributed by atoms with Crippen molar-refractivity contribution >= 4 is 29.6 Å². The van der Waals surface area contributed by atoms with E-state index in [9.17, 15) is 44.4 Å². The monoisotopic (exact) mass is 681 g/mol. The number of Topliss-reactive ketones (excluding diaryl/α,β-unsaturated/α-hetero) is 1. The number of carbonyl (C=O) groups is 5. The number of hydrogen-bond acceptors (Lipinski definition) is 7.